The number of urea groups is 1. The minimum atomic E-state index is -1.05. The first-order valence-corrected chi connectivity index (χ1v) is 3.90. The summed E-state index contributed by atoms with van der Waals surface area (Å²) in [6.45, 7) is 0.868. The Morgan fingerprint density at radius 2 is 1.92 bits per heavy atom. The number of rotatable bonds is 5. The summed E-state index contributed by atoms with van der Waals surface area (Å²) in [5.41, 5.74) is 0. The van der Waals surface area contributed by atoms with Crippen LogP contribution in [-0.2, 0) is 4.79 Å². The first-order valence-electron chi connectivity index (χ1n) is 3.90. The predicted octanol–water partition coefficient (Wildman–Crippen LogP) is -1.07. The molecule has 6 nitrogen and oxygen atoms in total. The Labute approximate surface area is 76.9 Å². The molecule has 0 aliphatic rings. The van der Waals surface area contributed by atoms with Crippen molar-refractivity contribution in [1.82, 2.24) is 15.5 Å². The molecule has 0 spiro atoms. The van der Waals surface area contributed by atoms with Gasteiger partial charge < -0.3 is 20.6 Å². The van der Waals surface area contributed by atoms with E-state index < -0.39 is 12.0 Å². The number of carbonyl (C=O) groups excluding carboxylic acids is 1. The number of likely N-dealkylation sites (N-methyl/N-ethyl adjacent to an activating group) is 1. The first kappa shape index (κ1) is 11.7. The van der Waals surface area contributed by atoms with E-state index in [4.69, 9.17) is 5.11 Å². The Morgan fingerprint density at radius 1 is 1.31 bits per heavy atom. The van der Waals surface area contributed by atoms with Crippen LogP contribution in [0.1, 0.15) is 0 Å². The normalized spacial score (nSPS) is 9.77. The molecule has 0 fully saturated rings. The molecule has 0 saturated carbocycles. The van der Waals surface area contributed by atoms with E-state index >= 15 is 0 Å². The van der Waals surface area contributed by atoms with Crippen LogP contribution in [0.3, 0.4) is 0 Å². The van der Waals surface area contributed by atoms with Crippen LogP contribution < -0.4 is 10.6 Å². The molecule has 6 heteroatoms. The van der Waals surface area contributed by atoms with E-state index in [-0.39, 0.29) is 6.54 Å². The van der Waals surface area contributed by atoms with Crippen LogP contribution in [0.5, 0.6) is 0 Å². The molecule has 0 heterocycles. The lowest BCUT2D eigenvalue weighted by atomic mass is 10.6. The van der Waals surface area contributed by atoms with E-state index in [1.807, 2.05) is 19.0 Å². The monoisotopic (exact) mass is 189 g/mol. The molecule has 0 saturated heterocycles. The lowest BCUT2D eigenvalue weighted by Gasteiger charge is -2.10. The van der Waals surface area contributed by atoms with E-state index in [0.29, 0.717) is 6.54 Å². The van der Waals surface area contributed by atoms with E-state index in [0.717, 1.165) is 6.54 Å². The lowest BCUT2D eigenvalue weighted by molar-refractivity contribution is -0.135. The molecular formula is C7H15N3O3. The summed E-state index contributed by atoms with van der Waals surface area (Å²) in [6.07, 6.45) is 0. The highest BCUT2D eigenvalue weighted by molar-refractivity contribution is 5.79. The van der Waals surface area contributed by atoms with Gasteiger partial charge >= 0.3 is 12.0 Å². The van der Waals surface area contributed by atoms with Crippen molar-refractivity contribution >= 4 is 12.0 Å². The van der Waals surface area contributed by atoms with Gasteiger partial charge in [-0.1, -0.05) is 0 Å². The second-order valence-electron chi connectivity index (χ2n) is 2.81. The number of aliphatic carboxylic acids is 1. The third kappa shape index (κ3) is 8.61. The average molecular weight is 189 g/mol. The van der Waals surface area contributed by atoms with Crippen LogP contribution in [0, 0.1) is 0 Å². The highest BCUT2D eigenvalue weighted by Gasteiger charge is 2.01. The van der Waals surface area contributed by atoms with Gasteiger partial charge in [0.25, 0.3) is 0 Å². The predicted molar refractivity (Wildman–Crippen MR) is 47.6 cm³/mol. The Morgan fingerprint density at radius 3 is 2.38 bits per heavy atom. The SMILES string of the molecule is CN(C)CCNC(=O)NCC(=O)O. The van der Waals surface area contributed by atoms with Crippen molar-refractivity contribution < 1.29 is 14.7 Å². The minimum absolute atomic E-state index is 0.353. The molecule has 0 aromatic carbocycles. The molecule has 0 atom stereocenters. The number of nitrogens with zero attached hydrogens (tertiary/aromatic N) is 1. The topological polar surface area (TPSA) is 81.7 Å². The van der Waals surface area contributed by atoms with Gasteiger partial charge in [-0.2, -0.15) is 0 Å². The zero-order valence-electron chi connectivity index (χ0n) is 7.83. The van der Waals surface area contributed by atoms with Crippen LogP contribution in [0.25, 0.3) is 0 Å². The average Bonchev–Trinajstić information content (AvgIpc) is 2.00. The molecule has 0 radical (unpaired) electrons. The molecule has 13 heavy (non-hydrogen) atoms. The molecule has 0 aliphatic carbocycles. The van der Waals surface area contributed by atoms with Gasteiger partial charge in [-0.3, -0.25) is 4.79 Å². The molecule has 76 valence electrons. The fraction of sp³-hybridized carbons (Fsp3) is 0.714. The van der Waals surface area contributed by atoms with Crippen molar-refractivity contribution in [3.8, 4) is 0 Å². The smallest absolute Gasteiger partial charge is 0.323 e. The number of hydrogen-bond donors (Lipinski definition) is 3. The standard InChI is InChI=1S/C7H15N3O3/c1-10(2)4-3-8-7(13)9-5-6(11)12/h3-5H2,1-2H3,(H,11,12)(H2,8,9,13). The van der Waals surface area contributed by atoms with Gasteiger partial charge in [0.15, 0.2) is 0 Å². The van der Waals surface area contributed by atoms with E-state index in [1.54, 1.807) is 0 Å². The Balaban J connectivity index is 3.36. The van der Waals surface area contributed by atoms with Crippen molar-refractivity contribution in [3.63, 3.8) is 0 Å². The first-order chi connectivity index (χ1) is 6.02. The summed E-state index contributed by atoms with van der Waals surface area (Å²) in [4.78, 5) is 22.8. The molecule has 0 aliphatic heterocycles. The summed E-state index contributed by atoms with van der Waals surface area (Å²) in [7, 11) is 3.77. The molecule has 0 aromatic heterocycles. The maximum absolute atomic E-state index is 10.8. The van der Waals surface area contributed by atoms with Gasteiger partial charge in [0.1, 0.15) is 6.54 Å². The lowest BCUT2D eigenvalue weighted by Crippen LogP contribution is -2.41. The second-order valence-corrected chi connectivity index (χ2v) is 2.81. The number of carbonyl (C=O) groups is 2. The van der Waals surface area contributed by atoms with Gasteiger partial charge in [0.05, 0.1) is 0 Å². The van der Waals surface area contributed by atoms with Crippen molar-refractivity contribution in [2.45, 2.75) is 0 Å². The summed E-state index contributed by atoms with van der Waals surface area (Å²) in [5, 5.41) is 12.9. The van der Waals surface area contributed by atoms with Crippen molar-refractivity contribution in [3.05, 3.63) is 0 Å². The Hall–Kier alpha value is -1.30. The van der Waals surface area contributed by atoms with E-state index in [9.17, 15) is 9.59 Å². The summed E-state index contributed by atoms with van der Waals surface area (Å²) in [5.74, 6) is -1.05. The van der Waals surface area contributed by atoms with Crippen LogP contribution in [0.2, 0.25) is 0 Å². The largest absolute Gasteiger partial charge is 0.480 e. The maximum atomic E-state index is 10.8. The second kappa shape index (κ2) is 6.24. The zero-order valence-corrected chi connectivity index (χ0v) is 7.83. The fourth-order valence-electron chi connectivity index (χ4n) is 0.611. The van der Waals surface area contributed by atoms with Gasteiger partial charge in [-0.05, 0) is 14.1 Å². The van der Waals surface area contributed by atoms with Crippen molar-refractivity contribution in [2.24, 2.45) is 0 Å². The third-order valence-corrected chi connectivity index (χ3v) is 1.24. The van der Waals surface area contributed by atoms with E-state index in [1.165, 1.54) is 0 Å². The van der Waals surface area contributed by atoms with Crippen LogP contribution >= 0.6 is 0 Å². The number of hydrogen-bond acceptors (Lipinski definition) is 3. The third-order valence-electron chi connectivity index (χ3n) is 1.24. The van der Waals surface area contributed by atoms with Gasteiger partial charge in [-0.15, -0.1) is 0 Å². The number of carboxylic acid groups (broad SMARTS) is 1. The van der Waals surface area contributed by atoms with Crippen molar-refractivity contribution in [2.75, 3.05) is 33.7 Å². The number of carboxylic acids is 1. The molecule has 0 unspecified atom stereocenters. The van der Waals surface area contributed by atoms with Crippen LogP contribution in [0.4, 0.5) is 4.79 Å². The highest BCUT2D eigenvalue weighted by Crippen LogP contribution is 1.71. The summed E-state index contributed by atoms with van der Waals surface area (Å²) >= 11 is 0. The molecule has 2 amide bonds. The number of nitrogens with one attached hydrogen (secondary N) is 2. The molecular weight excluding hydrogens is 174 g/mol. The molecule has 0 rings (SSSR count). The zero-order chi connectivity index (χ0) is 10.3. The number of amides is 2. The van der Waals surface area contributed by atoms with E-state index in [2.05, 4.69) is 10.6 Å². The summed E-state index contributed by atoms with van der Waals surface area (Å²) < 4.78 is 0. The molecule has 3 N–H and O–H groups in total. The van der Waals surface area contributed by atoms with Crippen LogP contribution in [-0.4, -0.2) is 55.7 Å². The maximum Gasteiger partial charge on any atom is 0.323 e. The Bertz CT molecular complexity index is 182. The quantitative estimate of drug-likeness (QED) is 0.514. The van der Waals surface area contributed by atoms with Gasteiger partial charge in [0, 0.05) is 13.1 Å². The van der Waals surface area contributed by atoms with Gasteiger partial charge in [0.2, 0.25) is 0 Å². The molecule has 0 aromatic rings. The highest BCUT2D eigenvalue weighted by atomic mass is 16.4. The van der Waals surface area contributed by atoms with Crippen LogP contribution in [0.15, 0.2) is 0 Å². The fourth-order valence-corrected chi connectivity index (χ4v) is 0.611. The molecule has 0 bridgehead atoms. The minimum Gasteiger partial charge on any atom is -0.480 e. The van der Waals surface area contributed by atoms with Crippen molar-refractivity contribution in [1.29, 1.82) is 0 Å². The summed E-state index contributed by atoms with van der Waals surface area (Å²) in [6, 6.07) is -0.454. The van der Waals surface area contributed by atoms with Gasteiger partial charge in [-0.25, -0.2) is 4.79 Å². The Kier molecular flexibility index (Phi) is 5.62.